The molecule has 1 aromatic heterocycles. The van der Waals surface area contributed by atoms with E-state index in [1.54, 1.807) is 0 Å². The Balaban J connectivity index is 1.43. The lowest BCUT2D eigenvalue weighted by atomic mass is 9.89. The minimum atomic E-state index is 1.24. The van der Waals surface area contributed by atoms with Gasteiger partial charge in [-0.3, -0.25) is 4.98 Å². The first-order chi connectivity index (χ1) is 16.9. The molecule has 0 aliphatic heterocycles. The second-order valence-electron chi connectivity index (χ2n) is 9.53. The van der Waals surface area contributed by atoms with Gasteiger partial charge in [0.1, 0.15) is 0 Å². The molecule has 0 N–H and O–H groups in total. The van der Waals surface area contributed by atoms with E-state index < -0.39 is 0 Å². The van der Waals surface area contributed by atoms with Crippen molar-refractivity contribution >= 4 is 43.1 Å². The molecule has 154 valence electrons. The largest absolute Gasteiger partial charge is 0.264 e. The van der Waals surface area contributed by atoms with Crippen molar-refractivity contribution in [2.24, 2.45) is 0 Å². The molecule has 0 saturated heterocycles. The van der Waals surface area contributed by atoms with Gasteiger partial charge >= 0.3 is 0 Å². The summed E-state index contributed by atoms with van der Waals surface area (Å²) < 4.78 is 0. The highest BCUT2D eigenvalue weighted by molar-refractivity contribution is 6.34. The number of rotatable bonds is 1. The molecule has 34 heavy (non-hydrogen) atoms. The van der Waals surface area contributed by atoms with Crippen LogP contribution in [-0.2, 0) is 0 Å². The number of pyridine rings is 1. The Kier molecular flexibility index (Phi) is 2.86. The fraction of sp³-hybridized carbons (Fsp3) is 0. The zero-order chi connectivity index (χ0) is 22.0. The lowest BCUT2D eigenvalue weighted by Crippen LogP contribution is -1.86. The van der Waals surface area contributed by atoms with Gasteiger partial charge in [0, 0.05) is 18.0 Å². The first kappa shape index (κ1) is 17.0. The molecule has 0 atom stereocenters. The van der Waals surface area contributed by atoms with Crippen molar-refractivity contribution in [1.82, 2.24) is 4.98 Å². The van der Waals surface area contributed by atoms with Crippen molar-refractivity contribution in [3.05, 3.63) is 103 Å². The molecule has 6 aromatic carbocycles. The summed E-state index contributed by atoms with van der Waals surface area (Å²) >= 11 is 0. The van der Waals surface area contributed by atoms with E-state index in [1.165, 1.54) is 87.6 Å². The third kappa shape index (κ3) is 1.84. The second-order valence-corrected chi connectivity index (χ2v) is 9.53. The fourth-order valence-electron chi connectivity index (χ4n) is 6.66. The molecule has 7 aromatic rings. The predicted molar refractivity (Wildman–Crippen MR) is 143 cm³/mol. The lowest BCUT2D eigenvalue weighted by molar-refractivity contribution is 1.34. The van der Waals surface area contributed by atoms with Gasteiger partial charge in [0.25, 0.3) is 0 Å². The van der Waals surface area contributed by atoms with Crippen LogP contribution >= 0.6 is 0 Å². The van der Waals surface area contributed by atoms with Crippen molar-refractivity contribution in [3.63, 3.8) is 0 Å². The quantitative estimate of drug-likeness (QED) is 0.238. The van der Waals surface area contributed by atoms with Gasteiger partial charge < -0.3 is 0 Å². The monoisotopic (exact) mass is 427 g/mol. The fourth-order valence-corrected chi connectivity index (χ4v) is 6.66. The van der Waals surface area contributed by atoms with Crippen LogP contribution in [0.2, 0.25) is 0 Å². The Bertz CT molecular complexity index is 2030. The molecule has 0 amide bonds. The van der Waals surface area contributed by atoms with Crippen molar-refractivity contribution in [3.8, 4) is 44.5 Å². The van der Waals surface area contributed by atoms with Crippen molar-refractivity contribution in [2.75, 3.05) is 0 Å². The molecular weight excluding hydrogens is 410 g/mol. The zero-order valence-electron chi connectivity index (χ0n) is 18.3. The van der Waals surface area contributed by atoms with Crippen LogP contribution in [0.15, 0.2) is 103 Å². The molecule has 1 nitrogen and oxygen atoms in total. The Morgan fingerprint density at radius 1 is 0.353 bits per heavy atom. The third-order valence-corrected chi connectivity index (χ3v) is 8.03. The Hall–Kier alpha value is -4.49. The molecular formula is C33H17N. The molecule has 9 rings (SSSR count). The van der Waals surface area contributed by atoms with E-state index in [-0.39, 0.29) is 0 Å². The van der Waals surface area contributed by atoms with Crippen LogP contribution in [-0.4, -0.2) is 4.98 Å². The van der Waals surface area contributed by atoms with Gasteiger partial charge in [-0.1, -0.05) is 84.9 Å². The van der Waals surface area contributed by atoms with Crippen molar-refractivity contribution < 1.29 is 0 Å². The van der Waals surface area contributed by atoms with E-state index in [4.69, 9.17) is 0 Å². The minimum Gasteiger partial charge on any atom is -0.264 e. The van der Waals surface area contributed by atoms with Gasteiger partial charge in [-0.2, -0.15) is 0 Å². The topological polar surface area (TPSA) is 12.9 Å². The average molecular weight is 428 g/mol. The highest BCUT2D eigenvalue weighted by atomic mass is 14.6. The Morgan fingerprint density at radius 2 is 0.971 bits per heavy atom. The lowest BCUT2D eigenvalue weighted by Gasteiger charge is -2.14. The van der Waals surface area contributed by atoms with Crippen LogP contribution < -0.4 is 0 Å². The summed E-state index contributed by atoms with van der Waals surface area (Å²) in [6.45, 7) is 0. The minimum absolute atomic E-state index is 1.24. The van der Waals surface area contributed by atoms with Gasteiger partial charge in [0.05, 0.1) is 0 Å². The average Bonchev–Trinajstić information content (AvgIpc) is 3.41. The molecule has 2 aliphatic carbocycles. The standard InChI is InChI=1S/C33H17N/c1-3-18-7-8-19-9-10-27-21(12-14-28-24(4-1)30(18)31(19)33(27)28)20-11-13-26-22-15-16-34-17-29(22)25-6-2-5-23(20)32(25)26/h1-17H. The Labute approximate surface area is 195 Å². The molecule has 2 aliphatic rings. The van der Waals surface area contributed by atoms with E-state index in [0.717, 1.165) is 0 Å². The van der Waals surface area contributed by atoms with Gasteiger partial charge in [-0.15, -0.1) is 0 Å². The first-order valence-corrected chi connectivity index (χ1v) is 11.8. The maximum Gasteiger partial charge on any atom is 0.0352 e. The number of benzene rings is 6. The normalized spacial score (nSPS) is 12.7. The number of aromatic nitrogens is 1. The summed E-state index contributed by atoms with van der Waals surface area (Å²) in [5, 5.41) is 10.9. The van der Waals surface area contributed by atoms with Crippen LogP contribution in [0.3, 0.4) is 0 Å². The highest BCUT2D eigenvalue weighted by Gasteiger charge is 2.25. The smallest absolute Gasteiger partial charge is 0.0352 e. The van der Waals surface area contributed by atoms with Crippen LogP contribution in [0.25, 0.3) is 87.6 Å². The maximum absolute atomic E-state index is 4.41. The van der Waals surface area contributed by atoms with E-state index in [9.17, 15) is 0 Å². The molecule has 0 saturated carbocycles. The van der Waals surface area contributed by atoms with Crippen LogP contribution in [0.5, 0.6) is 0 Å². The molecule has 0 fully saturated rings. The van der Waals surface area contributed by atoms with Crippen LogP contribution in [0.4, 0.5) is 0 Å². The summed E-state index contributed by atoms with van der Waals surface area (Å²) in [6, 6.07) is 34.0. The summed E-state index contributed by atoms with van der Waals surface area (Å²) in [5.41, 5.74) is 10.5. The number of fused-ring (bicyclic) bond motifs is 4. The van der Waals surface area contributed by atoms with Gasteiger partial charge in [0.2, 0.25) is 0 Å². The van der Waals surface area contributed by atoms with Gasteiger partial charge in [-0.05, 0) is 88.1 Å². The zero-order valence-corrected chi connectivity index (χ0v) is 18.3. The number of hydrogen-bond acceptors (Lipinski definition) is 1. The molecule has 1 heterocycles. The van der Waals surface area contributed by atoms with Gasteiger partial charge in [0.15, 0.2) is 0 Å². The number of hydrogen-bond donors (Lipinski definition) is 0. The molecule has 0 spiro atoms. The third-order valence-electron chi connectivity index (χ3n) is 8.03. The first-order valence-electron chi connectivity index (χ1n) is 11.8. The van der Waals surface area contributed by atoms with Crippen molar-refractivity contribution in [2.45, 2.75) is 0 Å². The molecule has 0 radical (unpaired) electrons. The Morgan fingerprint density at radius 3 is 1.82 bits per heavy atom. The number of nitrogens with zero attached hydrogens (tertiary/aromatic N) is 1. The van der Waals surface area contributed by atoms with Crippen LogP contribution in [0.1, 0.15) is 0 Å². The molecule has 0 unspecified atom stereocenters. The summed E-state index contributed by atoms with van der Waals surface area (Å²) in [5.74, 6) is 0. The maximum atomic E-state index is 4.41. The van der Waals surface area contributed by atoms with E-state index in [1.807, 2.05) is 12.4 Å². The predicted octanol–water partition coefficient (Wildman–Crippen LogP) is 8.99. The SMILES string of the molecule is c1cc2c3c(c1)ccc1ccc4c(-c5ccc6c7c(cccc57)-c5cnccc5-6)ccc-2c4c13. The summed E-state index contributed by atoms with van der Waals surface area (Å²) in [6.07, 6.45) is 3.90. The van der Waals surface area contributed by atoms with E-state index in [2.05, 4.69) is 96.0 Å². The van der Waals surface area contributed by atoms with E-state index in [0.29, 0.717) is 0 Å². The summed E-state index contributed by atoms with van der Waals surface area (Å²) in [4.78, 5) is 4.41. The van der Waals surface area contributed by atoms with Crippen molar-refractivity contribution in [1.29, 1.82) is 0 Å². The van der Waals surface area contributed by atoms with E-state index >= 15 is 0 Å². The molecule has 1 heteroatoms. The second kappa shape index (κ2) is 5.70. The summed E-state index contributed by atoms with van der Waals surface area (Å²) in [7, 11) is 0. The van der Waals surface area contributed by atoms with Gasteiger partial charge in [-0.25, -0.2) is 0 Å². The molecule has 0 bridgehead atoms. The highest BCUT2D eigenvalue weighted by Crippen LogP contribution is 2.52. The van der Waals surface area contributed by atoms with Crippen LogP contribution in [0, 0.1) is 0 Å².